The first-order valence-electron chi connectivity index (χ1n) is 3.19. The van der Waals surface area contributed by atoms with Gasteiger partial charge in [0.15, 0.2) is 0 Å². The summed E-state index contributed by atoms with van der Waals surface area (Å²) in [5.41, 5.74) is 1.91. The van der Waals surface area contributed by atoms with Crippen LogP contribution in [-0.2, 0) is 0 Å². The Morgan fingerprint density at radius 2 is 1.55 bits per heavy atom. The summed E-state index contributed by atoms with van der Waals surface area (Å²) < 4.78 is 0. The van der Waals surface area contributed by atoms with Gasteiger partial charge in [-0.1, -0.05) is 11.5 Å². The van der Waals surface area contributed by atoms with Gasteiger partial charge in [-0.25, -0.2) is 0 Å². The largest absolute Gasteiger partial charge is 0.192 e. The molecular weight excluding hydrogens is 135 g/mol. The summed E-state index contributed by atoms with van der Waals surface area (Å²) in [5.74, 6) is 0. The van der Waals surface area contributed by atoms with Crippen molar-refractivity contribution in [3.05, 3.63) is 29.3 Å². The van der Waals surface area contributed by atoms with Gasteiger partial charge in [-0.3, -0.25) is 0 Å². The van der Waals surface area contributed by atoms with E-state index in [1.165, 1.54) is 0 Å². The van der Waals surface area contributed by atoms with Crippen molar-refractivity contribution in [2.75, 3.05) is 0 Å². The number of nitrogens with zero attached hydrogens (tertiary/aromatic N) is 2. The minimum absolute atomic E-state index is 0.573. The zero-order valence-electron chi connectivity index (χ0n) is 6.13. The summed E-state index contributed by atoms with van der Waals surface area (Å²) in [4.78, 5) is 0. The average molecular weight is 140 g/mol. The standard InChI is InChI=1S/C8H5BN2/c9-8-6(4-10)2-1-3-7(8)5-11/h1-3H,9H2. The summed E-state index contributed by atoms with van der Waals surface area (Å²) in [5, 5.41) is 17.2. The van der Waals surface area contributed by atoms with Gasteiger partial charge in [0.05, 0.1) is 12.1 Å². The predicted molar refractivity (Wildman–Crippen MR) is 44.1 cm³/mol. The van der Waals surface area contributed by atoms with Crippen molar-refractivity contribution in [2.24, 2.45) is 0 Å². The van der Waals surface area contributed by atoms with Crippen molar-refractivity contribution in [2.45, 2.75) is 0 Å². The fraction of sp³-hybridized carbons (Fsp3) is 0. The van der Waals surface area contributed by atoms with Gasteiger partial charge in [0.1, 0.15) is 7.85 Å². The number of hydrogen-bond donors (Lipinski definition) is 0. The lowest BCUT2D eigenvalue weighted by molar-refractivity contribution is 1.47. The number of benzene rings is 1. The van der Waals surface area contributed by atoms with Crippen molar-refractivity contribution in [3.63, 3.8) is 0 Å². The van der Waals surface area contributed by atoms with Gasteiger partial charge in [0, 0.05) is 11.1 Å². The Labute approximate surface area is 66.1 Å². The Hall–Kier alpha value is -1.74. The predicted octanol–water partition coefficient (Wildman–Crippen LogP) is -0.312. The normalized spacial score (nSPS) is 8.18. The molecule has 0 heterocycles. The fourth-order valence-corrected chi connectivity index (χ4v) is 0.878. The van der Waals surface area contributed by atoms with Crippen LogP contribution >= 0.6 is 0 Å². The molecule has 0 aromatic heterocycles. The van der Waals surface area contributed by atoms with E-state index in [-0.39, 0.29) is 0 Å². The first-order valence-corrected chi connectivity index (χ1v) is 3.19. The molecule has 1 rings (SSSR count). The van der Waals surface area contributed by atoms with Crippen LogP contribution in [0.15, 0.2) is 18.2 Å². The molecule has 0 saturated carbocycles. The third-order valence-corrected chi connectivity index (χ3v) is 1.57. The second-order valence-electron chi connectivity index (χ2n) is 2.20. The Morgan fingerprint density at radius 3 is 1.91 bits per heavy atom. The molecule has 0 aliphatic carbocycles. The van der Waals surface area contributed by atoms with Crippen LogP contribution in [0.3, 0.4) is 0 Å². The van der Waals surface area contributed by atoms with E-state index >= 15 is 0 Å². The summed E-state index contributed by atoms with van der Waals surface area (Å²) in [7, 11) is 1.77. The smallest absolute Gasteiger partial charge is 0.142 e. The molecule has 0 unspecified atom stereocenters. The molecule has 0 saturated heterocycles. The van der Waals surface area contributed by atoms with Gasteiger partial charge in [-0.2, -0.15) is 10.5 Å². The van der Waals surface area contributed by atoms with E-state index in [1.54, 1.807) is 26.0 Å². The van der Waals surface area contributed by atoms with E-state index in [0.29, 0.717) is 11.1 Å². The lowest BCUT2D eigenvalue weighted by Crippen LogP contribution is -2.11. The second kappa shape index (κ2) is 2.90. The third kappa shape index (κ3) is 1.23. The quantitative estimate of drug-likeness (QED) is 0.464. The van der Waals surface area contributed by atoms with Crippen molar-refractivity contribution >= 4 is 13.3 Å². The highest BCUT2D eigenvalue weighted by Gasteiger charge is 2.00. The number of rotatable bonds is 0. The molecule has 0 bridgehead atoms. The third-order valence-electron chi connectivity index (χ3n) is 1.57. The fourth-order valence-electron chi connectivity index (χ4n) is 0.878. The van der Waals surface area contributed by atoms with Gasteiger partial charge in [0.25, 0.3) is 0 Å². The molecule has 1 aromatic carbocycles. The minimum Gasteiger partial charge on any atom is -0.192 e. The van der Waals surface area contributed by atoms with Gasteiger partial charge >= 0.3 is 0 Å². The van der Waals surface area contributed by atoms with Crippen LogP contribution in [-0.4, -0.2) is 7.85 Å². The molecule has 2 nitrogen and oxygen atoms in total. The van der Waals surface area contributed by atoms with E-state index in [1.807, 2.05) is 12.1 Å². The molecule has 1 aromatic rings. The van der Waals surface area contributed by atoms with Crippen molar-refractivity contribution in [3.8, 4) is 12.1 Å². The maximum Gasteiger partial charge on any atom is 0.142 e. The van der Waals surface area contributed by atoms with Crippen molar-refractivity contribution in [1.82, 2.24) is 0 Å². The molecule has 3 heteroatoms. The van der Waals surface area contributed by atoms with Crippen LogP contribution < -0.4 is 5.46 Å². The minimum atomic E-state index is 0.573. The van der Waals surface area contributed by atoms with Gasteiger partial charge in [0.2, 0.25) is 0 Å². The molecule has 0 radical (unpaired) electrons. The van der Waals surface area contributed by atoms with E-state index < -0.39 is 0 Å². The Balaban J connectivity index is 3.38. The molecule has 0 aliphatic rings. The van der Waals surface area contributed by atoms with Crippen molar-refractivity contribution < 1.29 is 0 Å². The number of nitriles is 2. The van der Waals surface area contributed by atoms with E-state index in [0.717, 1.165) is 5.46 Å². The monoisotopic (exact) mass is 140 g/mol. The number of hydrogen-bond acceptors (Lipinski definition) is 2. The average Bonchev–Trinajstić information content (AvgIpc) is 2.05. The topological polar surface area (TPSA) is 47.6 Å². The summed E-state index contributed by atoms with van der Waals surface area (Å²) in [6.07, 6.45) is 0. The van der Waals surface area contributed by atoms with E-state index in [9.17, 15) is 0 Å². The van der Waals surface area contributed by atoms with Crippen LogP contribution in [0.2, 0.25) is 0 Å². The van der Waals surface area contributed by atoms with Gasteiger partial charge in [-0.15, -0.1) is 0 Å². The van der Waals surface area contributed by atoms with Crippen LogP contribution in [0.5, 0.6) is 0 Å². The molecule has 0 fully saturated rings. The lowest BCUT2D eigenvalue weighted by Gasteiger charge is -1.96. The maximum absolute atomic E-state index is 8.58. The van der Waals surface area contributed by atoms with Crippen LogP contribution in [0.1, 0.15) is 11.1 Å². The molecule has 11 heavy (non-hydrogen) atoms. The van der Waals surface area contributed by atoms with E-state index in [2.05, 4.69) is 0 Å². The van der Waals surface area contributed by atoms with Crippen LogP contribution in [0.25, 0.3) is 0 Å². The zero-order chi connectivity index (χ0) is 8.27. The molecule has 0 aliphatic heterocycles. The van der Waals surface area contributed by atoms with Gasteiger partial charge in [-0.05, 0) is 12.1 Å². The highest BCUT2D eigenvalue weighted by Crippen LogP contribution is 1.97. The molecule has 0 amide bonds. The molecular formula is C8H5BN2. The Morgan fingerprint density at radius 1 is 1.09 bits per heavy atom. The van der Waals surface area contributed by atoms with Crippen LogP contribution in [0, 0.1) is 22.7 Å². The zero-order valence-corrected chi connectivity index (χ0v) is 6.13. The van der Waals surface area contributed by atoms with E-state index in [4.69, 9.17) is 10.5 Å². The molecule has 0 N–H and O–H groups in total. The molecule has 0 atom stereocenters. The highest BCUT2D eigenvalue weighted by molar-refractivity contribution is 6.35. The Kier molecular flexibility index (Phi) is 1.94. The molecule has 50 valence electrons. The highest BCUT2D eigenvalue weighted by atomic mass is 14.3. The van der Waals surface area contributed by atoms with Crippen LogP contribution in [0.4, 0.5) is 0 Å². The SMILES string of the molecule is Bc1c(C#N)cccc1C#N. The summed E-state index contributed by atoms with van der Waals surface area (Å²) in [6, 6.07) is 9.16. The maximum atomic E-state index is 8.58. The first kappa shape index (κ1) is 7.37. The second-order valence-corrected chi connectivity index (χ2v) is 2.20. The lowest BCUT2D eigenvalue weighted by atomic mass is 9.87. The summed E-state index contributed by atoms with van der Waals surface area (Å²) >= 11 is 0. The Bertz CT molecular complexity index is 325. The van der Waals surface area contributed by atoms with Gasteiger partial charge < -0.3 is 0 Å². The first-order chi connectivity index (χ1) is 5.29. The summed E-state index contributed by atoms with van der Waals surface area (Å²) in [6.45, 7) is 0. The molecule has 0 spiro atoms. The van der Waals surface area contributed by atoms with Crippen molar-refractivity contribution in [1.29, 1.82) is 10.5 Å².